The first-order valence-corrected chi connectivity index (χ1v) is 5.67. The largest absolute Gasteiger partial charge is 0.341 e. The molecular weight excluding hydrogens is 208 g/mol. The van der Waals surface area contributed by atoms with E-state index >= 15 is 0 Å². The van der Waals surface area contributed by atoms with Gasteiger partial charge in [0.2, 0.25) is 5.13 Å². The highest BCUT2D eigenvalue weighted by Gasteiger charge is 2.18. The molecule has 2 heterocycles. The molecule has 5 heteroatoms. The van der Waals surface area contributed by atoms with Crippen LogP contribution in [-0.4, -0.2) is 21.3 Å². The Bertz CT molecular complexity index is 454. The molecule has 0 radical (unpaired) electrons. The van der Waals surface area contributed by atoms with Gasteiger partial charge in [-0.1, -0.05) is 33.9 Å². The van der Waals surface area contributed by atoms with Crippen LogP contribution in [0.15, 0.2) is 24.3 Å². The van der Waals surface area contributed by atoms with Gasteiger partial charge < -0.3 is 4.90 Å². The van der Waals surface area contributed by atoms with Crippen molar-refractivity contribution in [3.05, 3.63) is 35.4 Å². The van der Waals surface area contributed by atoms with E-state index in [2.05, 4.69) is 44.0 Å². The molecule has 4 nitrogen and oxygen atoms in total. The van der Waals surface area contributed by atoms with Crippen LogP contribution >= 0.6 is 11.5 Å². The van der Waals surface area contributed by atoms with Gasteiger partial charge >= 0.3 is 0 Å². The summed E-state index contributed by atoms with van der Waals surface area (Å²) in [6, 6.07) is 8.56. The first-order chi connectivity index (χ1) is 7.43. The summed E-state index contributed by atoms with van der Waals surface area (Å²) in [5.74, 6) is 0. The summed E-state index contributed by atoms with van der Waals surface area (Å²) in [5, 5.41) is 8.55. The molecule has 0 spiro atoms. The van der Waals surface area contributed by atoms with Crippen LogP contribution in [0.1, 0.15) is 11.1 Å². The van der Waals surface area contributed by atoms with E-state index in [4.69, 9.17) is 0 Å². The summed E-state index contributed by atoms with van der Waals surface area (Å²) in [7, 11) is 0. The van der Waals surface area contributed by atoms with E-state index in [0.717, 1.165) is 24.6 Å². The van der Waals surface area contributed by atoms with Crippen LogP contribution in [0, 0.1) is 0 Å². The first kappa shape index (κ1) is 8.79. The zero-order chi connectivity index (χ0) is 10.1. The molecule has 0 saturated carbocycles. The molecule has 3 rings (SSSR count). The smallest absolute Gasteiger partial charge is 0.228 e. The van der Waals surface area contributed by atoms with Gasteiger partial charge in [-0.2, -0.15) is 0 Å². The van der Waals surface area contributed by atoms with E-state index in [-0.39, 0.29) is 0 Å². The lowest BCUT2D eigenvalue weighted by molar-refractivity contribution is 0.721. The lowest BCUT2D eigenvalue weighted by Crippen LogP contribution is -2.30. The predicted octanol–water partition coefficient (Wildman–Crippen LogP) is 1.50. The summed E-state index contributed by atoms with van der Waals surface area (Å²) >= 11 is 1.36. The molecule has 0 fully saturated rings. The van der Waals surface area contributed by atoms with Crippen molar-refractivity contribution in [1.82, 2.24) is 14.8 Å². The molecule has 1 aliphatic heterocycles. The van der Waals surface area contributed by atoms with E-state index in [1.54, 1.807) is 0 Å². The SMILES string of the molecule is c1ccc2c(c1)CCN(c1nnns1)C2. The molecule has 0 saturated heterocycles. The van der Waals surface area contributed by atoms with Gasteiger partial charge in [-0.05, 0) is 22.8 Å². The predicted molar refractivity (Wildman–Crippen MR) is 58.9 cm³/mol. The second-order valence-electron chi connectivity index (χ2n) is 3.59. The van der Waals surface area contributed by atoms with Crippen LogP contribution in [0.25, 0.3) is 0 Å². The fourth-order valence-electron chi connectivity index (χ4n) is 1.91. The third kappa shape index (κ3) is 1.59. The highest BCUT2D eigenvalue weighted by atomic mass is 32.1. The van der Waals surface area contributed by atoms with Crippen LogP contribution in [0.4, 0.5) is 5.13 Å². The molecule has 15 heavy (non-hydrogen) atoms. The van der Waals surface area contributed by atoms with Gasteiger partial charge in [0.05, 0.1) is 0 Å². The Hall–Kier alpha value is -1.49. The number of fused-ring (bicyclic) bond motifs is 1. The maximum absolute atomic E-state index is 4.00. The van der Waals surface area contributed by atoms with Crippen molar-refractivity contribution >= 4 is 16.7 Å². The Balaban J connectivity index is 1.89. The molecule has 0 N–H and O–H groups in total. The van der Waals surface area contributed by atoms with Crippen LogP contribution in [0.5, 0.6) is 0 Å². The molecule has 0 unspecified atom stereocenters. The number of hydrogen-bond acceptors (Lipinski definition) is 5. The maximum atomic E-state index is 4.00. The van der Waals surface area contributed by atoms with Crippen molar-refractivity contribution in [2.45, 2.75) is 13.0 Å². The number of hydrogen-bond donors (Lipinski definition) is 0. The standard InChI is InChI=1S/C10H10N4S/c1-2-4-9-7-14(6-5-8(9)3-1)10-11-12-13-15-10/h1-4H,5-7H2. The van der Waals surface area contributed by atoms with Gasteiger partial charge in [-0.25, -0.2) is 0 Å². The van der Waals surface area contributed by atoms with Crippen molar-refractivity contribution in [3.63, 3.8) is 0 Å². The Morgan fingerprint density at radius 3 is 2.87 bits per heavy atom. The normalized spacial score (nSPS) is 15.1. The van der Waals surface area contributed by atoms with E-state index in [9.17, 15) is 0 Å². The van der Waals surface area contributed by atoms with E-state index < -0.39 is 0 Å². The second kappa shape index (κ2) is 3.58. The number of aromatic nitrogens is 3. The average Bonchev–Trinajstić information content (AvgIpc) is 2.82. The highest BCUT2D eigenvalue weighted by Crippen LogP contribution is 2.23. The van der Waals surface area contributed by atoms with Crippen molar-refractivity contribution in [2.24, 2.45) is 0 Å². The first-order valence-electron chi connectivity index (χ1n) is 4.90. The second-order valence-corrected chi connectivity index (χ2v) is 4.30. The number of anilines is 1. The molecule has 0 bridgehead atoms. The molecule has 1 aromatic carbocycles. The summed E-state index contributed by atoms with van der Waals surface area (Å²) in [6.45, 7) is 1.93. The molecule has 2 aromatic rings. The lowest BCUT2D eigenvalue weighted by atomic mass is 10.0. The summed E-state index contributed by atoms with van der Waals surface area (Å²) < 4.78 is 3.79. The van der Waals surface area contributed by atoms with Gasteiger partial charge in [0, 0.05) is 24.6 Å². The van der Waals surface area contributed by atoms with Crippen molar-refractivity contribution in [3.8, 4) is 0 Å². The van der Waals surface area contributed by atoms with Crippen LogP contribution in [-0.2, 0) is 13.0 Å². The molecule has 0 aliphatic carbocycles. The molecule has 0 atom stereocenters. The number of rotatable bonds is 1. The Morgan fingerprint density at radius 2 is 2.07 bits per heavy atom. The van der Waals surface area contributed by atoms with E-state index in [0.29, 0.717) is 0 Å². The maximum Gasteiger partial charge on any atom is 0.228 e. The molecule has 1 aromatic heterocycles. The van der Waals surface area contributed by atoms with Gasteiger partial charge in [0.25, 0.3) is 0 Å². The molecule has 1 aliphatic rings. The summed E-state index contributed by atoms with van der Waals surface area (Å²) in [4.78, 5) is 2.23. The van der Waals surface area contributed by atoms with Crippen LogP contribution in [0.2, 0.25) is 0 Å². The third-order valence-electron chi connectivity index (χ3n) is 2.69. The third-order valence-corrected chi connectivity index (χ3v) is 3.35. The van der Waals surface area contributed by atoms with E-state index in [1.165, 1.54) is 22.7 Å². The van der Waals surface area contributed by atoms with Crippen LogP contribution < -0.4 is 4.90 Å². The zero-order valence-corrected chi connectivity index (χ0v) is 8.94. The fourth-order valence-corrected chi connectivity index (χ4v) is 2.40. The fraction of sp³-hybridized carbons (Fsp3) is 0.300. The monoisotopic (exact) mass is 218 g/mol. The van der Waals surface area contributed by atoms with Gasteiger partial charge in [0.1, 0.15) is 0 Å². The Kier molecular flexibility index (Phi) is 2.10. The Morgan fingerprint density at radius 1 is 1.20 bits per heavy atom. The minimum Gasteiger partial charge on any atom is -0.341 e. The van der Waals surface area contributed by atoms with Crippen LogP contribution in [0.3, 0.4) is 0 Å². The number of benzene rings is 1. The lowest BCUT2D eigenvalue weighted by Gasteiger charge is -2.27. The van der Waals surface area contributed by atoms with Crippen molar-refractivity contribution in [2.75, 3.05) is 11.4 Å². The number of nitrogens with zero attached hydrogens (tertiary/aromatic N) is 4. The minimum absolute atomic E-state index is 0.921. The quantitative estimate of drug-likeness (QED) is 0.727. The highest BCUT2D eigenvalue weighted by molar-refractivity contribution is 7.09. The zero-order valence-electron chi connectivity index (χ0n) is 8.13. The Labute approximate surface area is 91.7 Å². The molecule has 76 valence electrons. The van der Waals surface area contributed by atoms with E-state index in [1.807, 2.05) is 0 Å². The van der Waals surface area contributed by atoms with Crippen molar-refractivity contribution < 1.29 is 0 Å². The van der Waals surface area contributed by atoms with Crippen molar-refractivity contribution in [1.29, 1.82) is 0 Å². The topological polar surface area (TPSA) is 41.9 Å². The molecule has 0 amide bonds. The van der Waals surface area contributed by atoms with Gasteiger partial charge in [-0.15, -0.1) is 0 Å². The summed E-state index contributed by atoms with van der Waals surface area (Å²) in [5.41, 5.74) is 2.84. The minimum atomic E-state index is 0.921. The molecular formula is C10H10N4S. The van der Waals surface area contributed by atoms with Gasteiger partial charge in [-0.3, -0.25) is 0 Å². The average molecular weight is 218 g/mol. The van der Waals surface area contributed by atoms with Gasteiger partial charge in [0.15, 0.2) is 0 Å². The summed E-state index contributed by atoms with van der Waals surface area (Å²) in [6.07, 6.45) is 1.08.